The number of nitrogens with zero attached hydrogens (tertiary/aromatic N) is 4. The zero-order valence-corrected chi connectivity index (χ0v) is 21.5. The Kier molecular flexibility index (Phi) is 8.33. The summed E-state index contributed by atoms with van der Waals surface area (Å²) in [6.07, 6.45) is -4.12. The van der Waals surface area contributed by atoms with Gasteiger partial charge in [0.25, 0.3) is 5.91 Å². The van der Waals surface area contributed by atoms with Gasteiger partial charge in [-0.1, -0.05) is 30.3 Å². The van der Waals surface area contributed by atoms with Crippen LogP contribution in [0.5, 0.6) is 0 Å². The van der Waals surface area contributed by atoms with Gasteiger partial charge in [-0.3, -0.25) is 9.48 Å². The van der Waals surface area contributed by atoms with Crippen molar-refractivity contribution < 1.29 is 31.9 Å². The summed E-state index contributed by atoms with van der Waals surface area (Å²) in [7, 11) is 1.51. The summed E-state index contributed by atoms with van der Waals surface area (Å²) in [5.41, 5.74) is 3.41. The summed E-state index contributed by atoms with van der Waals surface area (Å²) in [6.45, 7) is 0. The number of hydrogen-bond donors (Lipinski definition) is 2. The van der Waals surface area contributed by atoms with Crippen LogP contribution in [0, 0.1) is 5.82 Å². The number of primary amides is 1. The summed E-state index contributed by atoms with van der Waals surface area (Å²) >= 11 is 5.82. The zero-order chi connectivity index (χ0) is 29.0. The Morgan fingerprint density at radius 1 is 1.18 bits per heavy atom. The van der Waals surface area contributed by atoms with E-state index in [9.17, 15) is 27.2 Å². The molecule has 0 spiro atoms. The van der Waals surface area contributed by atoms with E-state index in [0.717, 1.165) is 6.07 Å². The first kappa shape index (κ1) is 28.5. The van der Waals surface area contributed by atoms with E-state index in [1.54, 1.807) is 30.3 Å². The minimum atomic E-state index is -4.91. The number of carbonyl (C=O) groups is 2. The number of halogens is 5. The number of hydrogen-bond acceptors (Lipinski definition) is 6. The van der Waals surface area contributed by atoms with Crippen LogP contribution in [-0.2, 0) is 18.0 Å². The predicted octanol–water partition coefficient (Wildman–Crippen LogP) is 5.72. The minimum Gasteiger partial charge on any atom is -0.440 e. The second-order valence-electron chi connectivity index (χ2n) is 8.47. The topological polar surface area (TPSA) is 125 Å². The van der Waals surface area contributed by atoms with Gasteiger partial charge in [-0.05, 0) is 18.2 Å². The molecule has 0 aliphatic carbocycles. The normalized spacial score (nSPS) is 12.2. The van der Waals surface area contributed by atoms with Crippen molar-refractivity contribution in [1.29, 1.82) is 0 Å². The van der Waals surface area contributed by atoms with Crippen LogP contribution in [0.1, 0.15) is 34.1 Å². The van der Waals surface area contributed by atoms with E-state index in [1.165, 1.54) is 30.2 Å². The van der Waals surface area contributed by atoms with Gasteiger partial charge in [0.05, 0.1) is 23.0 Å². The van der Waals surface area contributed by atoms with Gasteiger partial charge in [0.15, 0.2) is 5.82 Å². The number of ether oxygens (including phenoxy) is 1. The molecular weight excluding hydrogens is 556 g/mol. The second kappa shape index (κ2) is 11.7. The first-order valence-corrected chi connectivity index (χ1v) is 12.2. The number of rotatable bonds is 8. The first-order valence-electron chi connectivity index (χ1n) is 11.6. The fourth-order valence-corrected chi connectivity index (χ4v) is 4.08. The van der Waals surface area contributed by atoms with Crippen LogP contribution < -0.4 is 11.1 Å². The van der Waals surface area contributed by atoms with Crippen molar-refractivity contribution in [3.8, 4) is 22.5 Å². The fraction of sp³-hybridized carbons (Fsp3) is 0.192. The Labute approximate surface area is 229 Å². The molecule has 1 unspecified atom stereocenters. The maximum absolute atomic E-state index is 14.9. The Bertz CT molecular complexity index is 1550. The largest absolute Gasteiger partial charge is 0.440 e. The first-order chi connectivity index (χ1) is 19.0. The molecular formula is C26H21ClF4N6O3. The van der Waals surface area contributed by atoms with Crippen molar-refractivity contribution >= 4 is 29.4 Å². The maximum Gasteiger partial charge on any atom is 0.417 e. The number of benzene rings is 2. The van der Waals surface area contributed by atoms with Crippen molar-refractivity contribution in [2.75, 3.05) is 11.2 Å². The van der Waals surface area contributed by atoms with E-state index in [2.05, 4.69) is 20.4 Å². The molecule has 0 fully saturated rings. The molecule has 2 aromatic heterocycles. The molecule has 2 heterocycles. The lowest BCUT2D eigenvalue weighted by Gasteiger charge is -2.18. The fourth-order valence-electron chi connectivity index (χ4n) is 3.88. The standard InChI is InChI=1S/C26H21ClF4N6O3/c1-37-10-8-19(36-37)15-11-16(18(28)12-17(15)26(29,30)31)24(38)35-23-22(14-5-3-2-4-6-14)34-20(13-33-23)21(7-9-27)40-25(32)39/h2-6,8,10-13,21H,7,9H2,1H3,(H2,32,39)(H,33,35,38). The molecule has 3 N–H and O–H groups in total. The maximum atomic E-state index is 14.9. The van der Waals surface area contributed by atoms with Gasteiger partial charge in [-0.15, -0.1) is 11.6 Å². The summed E-state index contributed by atoms with van der Waals surface area (Å²) < 4.78 is 62.4. The van der Waals surface area contributed by atoms with E-state index in [0.29, 0.717) is 5.56 Å². The third-order valence-electron chi connectivity index (χ3n) is 5.68. The van der Waals surface area contributed by atoms with E-state index in [-0.39, 0.29) is 41.3 Å². The lowest BCUT2D eigenvalue weighted by Crippen LogP contribution is -2.20. The molecule has 2 aromatic carbocycles. The molecule has 0 aliphatic rings. The molecule has 9 nitrogen and oxygen atoms in total. The summed E-state index contributed by atoms with van der Waals surface area (Å²) in [6, 6.07) is 10.8. The number of alkyl halides is 4. The van der Waals surface area contributed by atoms with Gasteiger partial charge in [-0.2, -0.15) is 18.3 Å². The van der Waals surface area contributed by atoms with Gasteiger partial charge < -0.3 is 15.8 Å². The Hall–Kier alpha value is -4.52. The van der Waals surface area contributed by atoms with E-state index < -0.39 is 46.8 Å². The number of aryl methyl sites for hydroxylation is 1. The molecule has 4 rings (SSSR count). The molecule has 0 saturated heterocycles. The smallest absolute Gasteiger partial charge is 0.417 e. The molecule has 4 aromatic rings. The number of nitrogens with two attached hydrogens (primary N) is 1. The predicted molar refractivity (Wildman–Crippen MR) is 138 cm³/mol. The van der Waals surface area contributed by atoms with Crippen molar-refractivity contribution in [3.05, 3.63) is 83.6 Å². The molecule has 0 radical (unpaired) electrons. The number of carbonyl (C=O) groups excluding carboxylic acids is 2. The monoisotopic (exact) mass is 576 g/mol. The van der Waals surface area contributed by atoms with Crippen molar-refractivity contribution in [2.24, 2.45) is 12.8 Å². The van der Waals surface area contributed by atoms with Crippen LogP contribution in [0.3, 0.4) is 0 Å². The molecule has 0 aliphatic heterocycles. The Morgan fingerprint density at radius 3 is 2.50 bits per heavy atom. The summed E-state index contributed by atoms with van der Waals surface area (Å²) in [4.78, 5) is 33.3. The highest BCUT2D eigenvalue weighted by Gasteiger charge is 2.36. The number of amides is 2. The third-order valence-corrected chi connectivity index (χ3v) is 5.89. The lowest BCUT2D eigenvalue weighted by atomic mass is 9.99. The van der Waals surface area contributed by atoms with Gasteiger partial charge in [0.2, 0.25) is 0 Å². The van der Waals surface area contributed by atoms with Crippen molar-refractivity contribution in [1.82, 2.24) is 19.7 Å². The van der Waals surface area contributed by atoms with Crippen LogP contribution in [0.4, 0.5) is 28.2 Å². The summed E-state index contributed by atoms with van der Waals surface area (Å²) in [5, 5.41) is 6.40. The van der Waals surface area contributed by atoms with Crippen molar-refractivity contribution in [3.63, 3.8) is 0 Å². The molecule has 208 valence electrons. The van der Waals surface area contributed by atoms with Gasteiger partial charge in [0.1, 0.15) is 23.3 Å². The lowest BCUT2D eigenvalue weighted by molar-refractivity contribution is -0.137. The van der Waals surface area contributed by atoms with Gasteiger partial charge in [-0.25, -0.2) is 19.2 Å². The van der Waals surface area contributed by atoms with Crippen LogP contribution in [0.15, 0.2) is 60.9 Å². The third kappa shape index (κ3) is 6.37. The van der Waals surface area contributed by atoms with E-state index in [4.69, 9.17) is 22.1 Å². The SMILES string of the molecule is Cn1ccc(-c2cc(C(=O)Nc3ncc(C(CCCl)OC(N)=O)nc3-c3ccccc3)c(F)cc2C(F)(F)F)n1. The molecule has 1 atom stereocenters. The van der Waals surface area contributed by atoms with Crippen LogP contribution in [0.25, 0.3) is 22.5 Å². The molecule has 0 saturated carbocycles. The number of aromatic nitrogens is 4. The number of anilines is 1. The highest BCUT2D eigenvalue weighted by Crippen LogP contribution is 2.38. The molecule has 2 amide bonds. The molecule has 14 heteroatoms. The molecule has 0 bridgehead atoms. The van der Waals surface area contributed by atoms with Crippen LogP contribution in [0.2, 0.25) is 0 Å². The summed E-state index contributed by atoms with van der Waals surface area (Å²) in [5.74, 6) is -2.49. The van der Waals surface area contributed by atoms with E-state index in [1.807, 2.05) is 0 Å². The average Bonchev–Trinajstić information content (AvgIpc) is 3.34. The van der Waals surface area contributed by atoms with Crippen LogP contribution >= 0.6 is 11.6 Å². The van der Waals surface area contributed by atoms with Crippen molar-refractivity contribution in [2.45, 2.75) is 18.7 Å². The second-order valence-corrected chi connectivity index (χ2v) is 8.84. The number of nitrogens with one attached hydrogen (secondary N) is 1. The quantitative estimate of drug-likeness (QED) is 0.204. The Balaban J connectivity index is 1.77. The zero-order valence-electron chi connectivity index (χ0n) is 20.7. The highest BCUT2D eigenvalue weighted by atomic mass is 35.5. The molecule has 40 heavy (non-hydrogen) atoms. The van der Waals surface area contributed by atoms with Crippen LogP contribution in [-0.4, -0.2) is 37.6 Å². The average molecular weight is 577 g/mol. The Morgan fingerprint density at radius 2 is 1.90 bits per heavy atom. The van der Waals surface area contributed by atoms with E-state index >= 15 is 0 Å². The van der Waals surface area contributed by atoms with Gasteiger partial charge in [0, 0.05) is 36.7 Å². The minimum absolute atomic E-state index is 0.0993. The highest BCUT2D eigenvalue weighted by molar-refractivity contribution is 6.17. The van der Waals surface area contributed by atoms with Gasteiger partial charge >= 0.3 is 12.3 Å².